The summed E-state index contributed by atoms with van der Waals surface area (Å²) in [5.41, 5.74) is 0. The molecule has 0 bridgehead atoms. The van der Waals surface area contributed by atoms with Gasteiger partial charge in [0, 0.05) is 13.0 Å². The fraction of sp³-hybridized carbons (Fsp3) is 0.816. The molecule has 0 aliphatic carbocycles. The summed E-state index contributed by atoms with van der Waals surface area (Å²) >= 11 is 0. The molecule has 0 aromatic heterocycles. The van der Waals surface area contributed by atoms with E-state index in [0.29, 0.717) is 13.0 Å². The van der Waals surface area contributed by atoms with Gasteiger partial charge >= 0.3 is 13.8 Å². The number of rotatable bonds is 36. The molecule has 0 aromatic rings. The largest absolute Gasteiger partial charge is 0.472 e. The number of carbonyl (C=O) groups is 1. The monoisotopic (exact) mass is 702 g/mol. The second kappa shape index (κ2) is 35.5. The van der Waals surface area contributed by atoms with Crippen LogP contribution in [-0.2, 0) is 27.9 Å². The van der Waals surface area contributed by atoms with Crippen LogP contribution in [0.5, 0.6) is 0 Å². The normalized spacial score (nSPS) is 14.7. The van der Waals surface area contributed by atoms with E-state index < -0.39 is 39.2 Å². The maximum atomic E-state index is 12.5. The molecule has 0 aromatic carbocycles. The number of phosphoric ester groups is 1. The van der Waals surface area contributed by atoms with E-state index in [1.54, 1.807) is 0 Å². The summed E-state index contributed by atoms with van der Waals surface area (Å²) in [5.74, 6) is -0.398. The number of esters is 1. The molecule has 0 heterocycles. The number of aliphatic hydroxyl groups is 2. The number of carbonyl (C=O) groups excluding carboxylic acids is 1. The van der Waals surface area contributed by atoms with Gasteiger partial charge in [-0.15, -0.1) is 0 Å². The van der Waals surface area contributed by atoms with Gasteiger partial charge in [0.05, 0.1) is 26.4 Å². The number of hydrogen-bond donors (Lipinski definition) is 3. The van der Waals surface area contributed by atoms with Crippen molar-refractivity contribution < 1.29 is 43.0 Å². The summed E-state index contributed by atoms with van der Waals surface area (Å²) in [6.45, 7) is 3.40. The Hall–Kier alpha value is -1.32. The summed E-state index contributed by atoms with van der Waals surface area (Å²) in [4.78, 5) is 22.4. The summed E-state index contributed by atoms with van der Waals surface area (Å²) in [6, 6.07) is 0. The van der Waals surface area contributed by atoms with Crippen molar-refractivity contribution in [2.24, 2.45) is 0 Å². The van der Waals surface area contributed by atoms with Crippen molar-refractivity contribution in [2.75, 3.05) is 33.0 Å². The lowest BCUT2D eigenvalue weighted by Gasteiger charge is -2.20. The Bertz CT molecular complexity index is 846. The molecule has 0 saturated carbocycles. The molecule has 9 nitrogen and oxygen atoms in total. The van der Waals surface area contributed by atoms with E-state index in [4.69, 9.17) is 23.6 Å². The number of ether oxygens (including phenoxy) is 2. The molecule has 10 heteroatoms. The fourth-order valence-electron chi connectivity index (χ4n) is 4.84. The van der Waals surface area contributed by atoms with Crippen LogP contribution in [0.2, 0.25) is 0 Å². The van der Waals surface area contributed by atoms with E-state index in [2.05, 4.69) is 50.3 Å². The topological polar surface area (TPSA) is 132 Å². The number of phosphoric acid groups is 1. The van der Waals surface area contributed by atoms with E-state index in [1.807, 2.05) is 0 Å². The van der Waals surface area contributed by atoms with Crippen molar-refractivity contribution in [3.05, 3.63) is 36.5 Å². The van der Waals surface area contributed by atoms with Crippen LogP contribution in [-0.4, -0.2) is 66.3 Å². The Balaban J connectivity index is 4.27. The van der Waals surface area contributed by atoms with Crippen molar-refractivity contribution in [3.63, 3.8) is 0 Å². The van der Waals surface area contributed by atoms with Crippen molar-refractivity contribution in [1.82, 2.24) is 0 Å². The molecule has 282 valence electrons. The van der Waals surface area contributed by atoms with Gasteiger partial charge in [-0.3, -0.25) is 13.8 Å². The Kier molecular flexibility index (Phi) is 34.5. The predicted molar refractivity (Wildman–Crippen MR) is 196 cm³/mol. The average Bonchev–Trinajstić information content (AvgIpc) is 3.07. The molecule has 0 spiro atoms. The van der Waals surface area contributed by atoms with Crippen LogP contribution in [0.4, 0.5) is 0 Å². The number of unbranched alkanes of at least 4 members (excludes halogenated alkanes) is 16. The zero-order valence-electron chi connectivity index (χ0n) is 30.4. The summed E-state index contributed by atoms with van der Waals surface area (Å²) < 4.78 is 33.2. The first-order chi connectivity index (χ1) is 23.3. The Morgan fingerprint density at radius 2 is 1.15 bits per heavy atom. The first-order valence-corrected chi connectivity index (χ1v) is 20.5. The SMILES string of the molecule is CCCC/C=C\C/C=C\CCCCCCCCOCC(COP(=O)(O)OCC(O)CO)OC(=O)CCCCCCC/C=C\CCCCC. The summed E-state index contributed by atoms with van der Waals surface area (Å²) in [7, 11) is -4.51. The minimum absolute atomic E-state index is 0.0388. The van der Waals surface area contributed by atoms with Gasteiger partial charge in [-0.05, 0) is 64.2 Å². The highest BCUT2D eigenvalue weighted by atomic mass is 31.2. The highest BCUT2D eigenvalue weighted by Crippen LogP contribution is 2.43. The second-order valence-corrected chi connectivity index (χ2v) is 14.0. The Morgan fingerprint density at radius 1 is 0.646 bits per heavy atom. The molecule has 0 aliphatic rings. The van der Waals surface area contributed by atoms with Crippen molar-refractivity contribution in [1.29, 1.82) is 0 Å². The Labute approximate surface area is 293 Å². The maximum Gasteiger partial charge on any atom is 0.472 e. The van der Waals surface area contributed by atoms with Crippen LogP contribution in [0, 0.1) is 0 Å². The summed E-state index contributed by atoms with van der Waals surface area (Å²) in [5, 5.41) is 18.3. The fourth-order valence-corrected chi connectivity index (χ4v) is 5.62. The van der Waals surface area contributed by atoms with Crippen molar-refractivity contribution in [2.45, 2.75) is 167 Å². The first kappa shape index (κ1) is 46.7. The van der Waals surface area contributed by atoms with Gasteiger partial charge < -0.3 is 24.6 Å². The molecule has 3 atom stereocenters. The molecule has 3 unspecified atom stereocenters. The quantitative estimate of drug-likeness (QED) is 0.0253. The molecule has 0 amide bonds. The van der Waals surface area contributed by atoms with Gasteiger partial charge in [0.25, 0.3) is 0 Å². The predicted octanol–water partition coefficient (Wildman–Crippen LogP) is 9.69. The van der Waals surface area contributed by atoms with E-state index in [9.17, 15) is 19.4 Å². The summed E-state index contributed by atoms with van der Waals surface area (Å²) in [6.07, 6.45) is 35.3. The van der Waals surface area contributed by atoms with Gasteiger partial charge in [0.2, 0.25) is 0 Å². The van der Waals surface area contributed by atoms with Crippen molar-refractivity contribution in [3.8, 4) is 0 Å². The van der Waals surface area contributed by atoms with Crippen molar-refractivity contribution >= 4 is 13.8 Å². The third kappa shape index (κ3) is 34.5. The lowest BCUT2D eigenvalue weighted by atomic mass is 10.1. The molecule has 0 rings (SSSR count). The van der Waals surface area contributed by atoms with Crippen LogP contribution in [0.1, 0.15) is 155 Å². The molecule has 0 aliphatic heterocycles. The van der Waals surface area contributed by atoms with Gasteiger partial charge in [-0.1, -0.05) is 121 Å². The molecular formula is C38H71O9P. The van der Waals surface area contributed by atoms with Crippen LogP contribution in [0.25, 0.3) is 0 Å². The highest BCUT2D eigenvalue weighted by Gasteiger charge is 2.26. The van der Waals surface area contributed by atoms with Crippen LogP contribution in [0.3, 0.4) is 0 Å². The minimum Gasteiger partial charge on any atom is -0.457 e. The van der Waals surface area contributed by atoms with Crippen LogP contribution >= 0.6 is 7.82 Å². The third-order valence-electron chi connectivity index (χ3n) is 7.80. The van der Waals surface area contributed by atoms with E-state index in [0.717, 1.165) is 64.2 Å². The number of allylic oxidation sites excluding steroid dienone is 6. The number of aliphatic hydroxyl groups excluding tert-OH is 2. The molecule has 0 fully saturated rings. The van der Waals surface area contributed by atoms with E-state index in [-0.39, 0.29) is 19.6 Å². The van der Waals surface area contributed by atoms with E-state index >= 15 is 0 Å². The molecular weight excluding hydrogens is 631 g/mol. The Morgan fingerprint density at radius 3 is 1.75 bits per heavy atom. The molecule has 48 heavy (non-hydrogen) atoms. The standard InChI is InChI=1S/C38H71O9P/c1-3-5-7-9-11-13-15-17-18-19-21-23-25-27-29-31-44-34-37(35-46-48(42,43)45-33-36(40)32-39)47-38(41)30-28-26-24-22-20-16-14-12-10-8-6-4-2/h9,11-12,14-15,17,36-37,39-40H,3-8,10,13,16,18-35H2,1-2H3,(H,42,43)/b11-9-,14-12-,17-15-. The van der Waals surface area contributed by atoms with Crippen LogP contribution in [0.15, 0.2) is 36.5 Å². The first-order valence-electron chi connectivity index (χ1n) is 19.0. The number of hydrogen-bond acceptors (Lipinski definition) is 8. The highest BCUT2D eigenvalue weighted by molar-refractivity contribution is 7.47. The second-order valence-electron chi connectivity index (χ2n) is 12.6. The van der Waals surface area contributed by atoms with Gasteiger partial charge in [-0.2, -0.15) is 0 Å². The lowest BCUT2D eigenvalue weighted by Crippen LogP contribution is -2.29. The molecule has 0 radical (unpaired) electrons. The molecule has 0 saturated heterocycles. The third-order valence-corrected chi connectivity index (χ3v) is 8.75. The smallest absolute Gasteiger partial charge is 0.457 e. The van der Waals surface area contributed by atoms with Gasteiger partial charge in [-0.25, -0.2) is 4.57 Å². The molecule has 3 N–H and O–H groups in total. The van der Waals surface area contributed by atoms with E-state index in [1.165, 1.54) is 64.2 Å². The zero-order chi connectivity index (χ0) is 35.4. The lowest BCUT2D eigenvalue weighted by molar-refractivity contribution is -0.154. The maximum absolute atomic E-state index is 12.5. The van der Waals surface area contributed by atoms with Crippen LogP contribution < -0.4 is 0 Å². The zero-order valence-corrected chi connectivity index (χ0v) is 31.3. The van der Waals surface area contributed by atoms with Gasteiger partial charge in [0.15, 0.2) is 0 Å². The minimum atomic E-state index is -4.51. The average molecular weight is 703 g/mol. The van der Waals surface area contributed by atoms with Gasteiger partial charge in [0.1, 0.15) is 12.2 Å².